The number of azide groups is 1. The Hall–Kier alpha value is -1.22. The van der Waals surface area contributed by atoms with Crippen LogP contribution in [0.4, 0.5) is 0 Å². The number of rotatable bonds is 2. The van der Waals surface area contributed by atoms with Crippen LogP contribution in [0.1, 0.15) is 19.3 Å². The molecule has 1 rings (SSSR count). The summed E-state index contributed by atoms with van der Waals surface area (Å²) in [5.74, 6) is -0.254. The number of carbonyl (C=O) groups excluding carboxylic acids is 1. The highest BCUT2D eigenvalue weighted by molar-refractivity contribution is 5.72. The highest BCUT2D eigenvalue weighted by Crippen LogP contribution is 2.28. The molecule has 0 bridgehead atoms. The van der Waals surface area contributed by atoms with Crippen LogP contribution in [0.3, 0.4) is 0 Å². The molecule has 5 nitrogen and oxygen atoms in total. The van der Waals surface area contributed by atoms with Gasteiger partial charge in [-0.2, -0.15) is 0 Å². The Morgan fingerprint density at radius 2 is 2.42 bits per heavy atom. The number of esters is 1. The molecule has 1 aliphatic rings. The molecule has 0 amide bonds. The maximum atomic E-state index is 11.0. The lowest BCUT2D eigenvalue weighted by atomic mass is 10.1. The number of ether oxygens (including phenoxy) is 1. The molecule has 2 atom stereocenters. The van der Waals surface area contributed by atoms with E-state index in [9.17, 15) is 4.79 Å². The van der Waals surface area contributed by atoms with E-state index < -0.39 is 0 Å². The van der Waals surface area contributed by atoms with Gasteiger partial charge in [-0.3, -0.25) is 4.79 Å². The molecule has 0 heterocycles. The van der Waals surface area contributed by atoms with Crippen LogP contribution in [0.5, 0.6) is 0 Å². The summed E-state index contributed by atoms with van der Waals surface area (Å²) in [6, 6.07) is -0.0147. The van der Waals surface area contributed by atoms with Gasteiger partial charge in [-0.25, -0.2) is 0 Å². The molecule has 1 saturated carbocycles. The van der Waals surface area contributed by atoms with Gasteiger partial charge >= 0.3 is 5.97 Å². The lowest BCUT2D eigenvalue weighted by Crippen LogP contribution is -2.13. The quantitative estimate of drug-likeness (QED) is 0.272. The Labute approximate surface area is 70.3 Å². The monoisotopic (exact) mass is 169 g/mol. The van der Waals surface area contributed by atoms with Crippen LogP contribution in [0.15, 0.2) is 5.11 Å². The molecule has 0 N–H and O–H groups in total. The predicted molar refractivity (Wildman–Crippen MR) is 42.3 cm³/mol. The number of hydrogen-bond donors (Lipinski definition) is 0. The van der Waals surface area contributed by atoms with Crippen molar-refractivity contribution in [3.05, 3.63) is 10.4 Å². The molecular weight excluding hydrogens is 158 g/mol. The highest BCUT2D eigenvalue weighted by Gasteiger charge is 2.29. The molecule has 1 aliphatic carbocycles. The van der Waals surface area contributed by atoms with Crippen LogP contribution in [-0.2, 0) is 9.53 Å². The van der Waals surface area contributed by atoms with Gasteiger partial charge in [-0.1, -0.05) is 5.11 Å². The zero-order chi connectivity index (χ0) is 8.97. The zero-order valence-corrected chi connectivity index (χ0v) is 6.93. The summed E-state index contributed by atoms with van der Waals surface area (Å²) in [6.45, 7) is 0. The third-order valence-electron chi connectivity index (χ3n) is 2.15. The first-order chi connectivity index (χ1) is 5.77. The van der Waals surface area contributed by atoms with Gasteiger partial charge in [-0.15, -0.1) is 0 Å². The lowest BCUT2D eigenvalue weighted by molar-refractivity contribution is -0.145. The summed E-state index contributed by atoms with van der Waals surface area (Å²) in [6.07, 6.45) is 2.21. The molecular formula is C7H11N3O2. The van der Waals surface area contributed by atoms with Gasteiger partial charge < -0.3 is 4.74 Å². The van der Waals surface area contributed by atoms with Crippen molar-refractivity contribution in [2.75, 3.05) is 7.11 Å². The van der Waals surface area contributed by atoms with Crippen LogP contribution in [0, 0.1) is 5.92 Å². The summed E-state index contributed by atoms with van der Waals surface area (Å²) in [7, 11) is 1.38. The first kappa shape index (κ1) is 8.87. The van der Waals surface area contributed by atoms with E-state index >= 15 is 0 Å². The highest BCUT2D eigenvalue weighted by atomic mass is 16.5. The van der Waals surface area contributed by atoms with Crippen molar-refractivity contribution in [1.82, 2.24) is 0 Å². The molecule has 0 saturated heterocycles. The van der Waals surface area contributed by atoms with Crippen LogP contribution in [-0.4, -0.2) is 19.1 Å². The predicted octanol–water partition coefficient (Wildman–Crippen LogP) is 1.64. The minimum Gasteiger partial charge on any atom is -0.469 e. The molecule has 0 aromatic carbocycles. The molecule has 0 spiro atoms. The van der Waals surface area contributed by atoms with Crippen molar-refractivity contribution in [2.45, 2.75) is 25.3 Å². The summed E-state index contributed by atoms with van der Waals surface area (Å²) in [4.78, 5) is 13.7. The minimum absolute atomic E-state index is 0.0147. The van der Waals surface area contributed by atoms with E-state index in [1.165, 1.54) is 7.11 Å². The normalized spacial score (nSPS) is 27.8. The molecule has 0 aromatic rings. The lowest BCUT2D eigenvalue weighted by Gasteiger charge is -2.04. The third-order valence-corrected chi connectivity index (χ3v) is 2.15. The van der Waals surface area contributed by atoms with Crippen molar-refractivity contribution < 1.29 is 9.53 Å². The Kier molecular flexibility index (Phi) is 2.94. The van der Waals surface area contributed by atoms with E-state index in [4.69, 9.17) is 5.53 Å². The fourth-order valence-corrected chi connectivity index (χ4v) is 1.52. The van der Waals surface area contributed by atoms with E-state index in [1.807, 2.05) is 0 Å². The van der Waals surface area contributed by atoms with Crippen molar-refractivity contribution >= 4 is 5.97 Å². The largest absolute Gasteiger partial charge is 0.469 e. The van der Waals surface area contributed by atoms with E-state index in [0.29, 0.717) is 6.42 Å². The molecule has 0 radical (unpaired) electrons. The van der Waals surface area contributed by atoms with Gasteiger partial charge in [0.25, 0.3) is 0 Å². The molecule has 66 valence electrons. The van der Waals surface area contributed by atoms with E-state index in [1.54, 1.807) is 0 Å². The van der Waals surface area contributed by atoms with Gasteiger partial charge in [0.15, 0.2) is 0 Å². The van der Waals surface area contributed by atoms with E-state index in [-0.39, 0.29) is 17.9 Å². The van der Waals surface area contributed by atoms with E-state index in [0.717, 1.165) is 12.8 Å². The number of methoxy groups -OCH3 is 1. The number of hydrogen-bond acceptors (Lipinski definition) is 3. The second-order valence-corrected chi connectivity index (χ2v) is 2.89. The van der Waals surface area contributed by atoms with Crippen molar-refractivity contribution in [3.8, 4) is 0 Å². The molecule has 0 aromatic heterocycles. The second-order valence-electron chi connectivity index (χ2n) is 2.89. The van der Waals surface area contributed by atoms with Gasteiger partial charge in [-0.05, 0) is 24.8 Å². The Morgan fingerprint density at radius 3 is 3.00 bits per heavy atom. The maximum Gasteiger partial charge on any atom is 0.308 e. The number of nitrogens with zero attached hydrogens (tertiary/aromatic N) is 3. The Balaban J connectivity index is 2.45. The van der Waals surface area contributed by atoms with Gasteiger partial charge in [0.05, 0.1) is 13.0 Å². The van der Waals surface area contributed by atoms with Gasteiger partial charge in [0, 0.05) is 11.0 Å². The summed E-state index contributed by atoms with van der Waals surface area (Å²) in [5, 5.41) is 3.56. The summed E-state index contributed by atoms with van der Waals surface area (Å²) < 4.78 is 4.59. The second kappa shape index (κ2) is 3.97. The third kappa shape index (κ3) is 1.89. The van der Waals surface area contributed by atoms with Crippen molar-refractivity contribution in [3.63, 3.8) is 0 Å². The summed E-state index contributed by atoms with van der Waals surface area (Å²) >= 11 is 0. The molecule has 5 heteroatoms. The van der Waals surface area contributed by atoms with Crippen LogP contribution < -0.4 is 0 Å². The standard InChI is InChI=1S/C7H11N3O2/c1-12-7(11)5-2-3-6(4-5)9-10-8/h5-6H,2-4H2,1H3/t5-,6+/m0/s1. The van der Waals surface area contributed by atoms with Crippen molar-refractivity contribution in [2.24, 2.45) is 11.0 Å². The van der Waals surface area contributed by atoms with Gasteiger partial charge in [0.1, 0.15) is 0 Å². The van der Waals surface area contributed by atoms with Gasteiger partial charge in [0.2, 0.25) is 0 Å². The molecule has 0 aliphatic heterocycles. The fraction of sp³-hybridized carbons (Fsp3) is 0.857. The number of carbonyl (C=O) groups is 1. The van der Waals surface area contributed by atoms with Crippen LogP contribution in [0.25, 0.3) is 10.4 Å². The fourth-order valence-electron chi connectivity index (χ4n) is 1.52. The average Bonchev–Trinajstić information content (AvgIpc) is 2.52. The smallest absolute Gasteiger partial charge is 0.308 e. The van der Waals surface area contributed by atoms with Crippen LogP contribution >= 0.6 is 0 Å². The molecule has 12 heavy (non-hydrogen) atoms. The average molecular weight is 169 g/mol. The SMILES string of the molecule is COC(=O)[C@H]1CC[C@@H](N=[N+]=[N-])C1. The summed E-state index contributed by atoms with van der Waals surface area (Å²) in [5.41, 5.74) is 8.15. The van der Waals surface area contributed by atoms with E-state index in [2.05, 4.69) is 14.8 Å². The maximum absolute atomic E-state index is 11.0. The Morgan fingerprint density at radius 1 is 1.67 bits per heavy atom. The van der Waals surface area contributed by atoms with Crippen molar-refractivity contribution in [1.29, 1.82) is 0 Å². The minimum atomic E-state index is -0.189. The first-order valence-electron chi connectivity index (χ1n) is 3.90. The topological polar surface area (TPSA) is 75.1 Å². The van der Waals surface area contributed by atoms with Crippen LogP contribution in [0.2, 0.25) is 0 Å². The molecule has 1 fully saturated rings. The zero-order valence-electron chi connectivity index (χ0n) is 6.93. The molecule has 0 unspecified atom stereocenters. The first-order valence-corrected chi connectivity index (χ1v) is 3.90. The Bertz CT molecular complexity index is 223.